The zero-order chi connectivity index (χ0) is 27.7. The zero-order valence-electron chi connectivity index (χ0n) is 20.4. The lowest BCUT2D eigenvalue weighted by atomic mass is 9.76. The third-order valence-electron chi connectivity index (χ3n) is 6.12. The van der Waals surface area contributed by atoms with Gasteiger partial charge in [-0.25, -0.2) is 4.39 Å². The Labute approximate surface area is 243 Å². The molecule has 1 amide bonds. The molecule has 1 aromatic carbocycles. The number of rotatable bonds is 7. The number of carbonyl (C=O) groups excluding carboxylic acids is 2. The molecule has 10 nitrogen and oxygen atoms in total. The molecule has 0 radical (unpaired) electrons. The van der Waals surface area contributed by atoms with Crippen molar-refractivity contribution in [2.75, 3.05) is 16.0 Å². The standard InChI is InChI=1S/C24H20BrFN8O2S3/c1-2-18-30-31-22(38-18)29-17(36)10-37-24-33-32-23(39-24)34-15-4-3-5-16(35)20(15)19(12(9-27)21(34)28)11-6-7-14(26)13(25)8-11/h6-8,19H,2-5,10,28H2,1H3,(H,29,31,36). The fourth-order valence-corrected chi connectivity index (χ4v) is 7.18. The van der Waals surface area contributed by atoms with Crippen LogP contribution in [0.25, 0.3) is 0 Å². The Morgan fingerprint density at radius 3 is 2.85 bits per heavy atom. The lowest BCUT2D eigenvalue weighted by Gasteiger charge is -2.38. The molecule has 1 aliphatic heterocycles. The molecule has 200 valence electrons. The van der Waals surface area contributed by atoms with Crippen LogP contribution in [0.2, 0.25) is 0 Å². The fraction of sp³-hybridized carbons (Fsp3) is 0.292. The maximum absolute atomic E-state index is 14.0. The van der Waals surface area contributed by atoms with Crippen molar-refractivity contribution in [1.82, 2.24) is 20.4 Å². The van der Waals surface area contributed by atoms with Gasteiger partial charge in [0, 0.05) is 17.7 Å². The van der Waals surface area contributed by atoms with Crippen molar-refractivity contribution >= 4 is 72.3 Å². The summed E-state index contributed by atoms with van der Waals surface area (Å²) < 4.78 is 14.7. The van der Waals surface area contributed by atoms with Gasteiger partial charge in [0.25, 0.3) is 0 Å². The number of aryl methyl sites for hydroxylation is 1. The summed E-state index contributed by atoms with van der Waals surface area (Å²) in [6.07, 6.45) is 2.24. The number of thioether (sulfide) groups is 1. The van der Waals surface area contributed by atoms with E-state index in [1.165, 1.54) is 40.5 Å². The number of amides is 1. The van der Waals surface area contributed by atoms with Crippen molar-refractivity contribution in [1.29, 1.82) is 5.26 Å². The molecule has 1 unspecified atom stereocenters. The van der Waals surface area contributed by atoms with Crippen LogP contribution < -0.4 is 16.0 Å². The molecule has 1 aliphatic carbocycles. The average molecular weight is 648 g/mol. The number of benzene rings is 1. The topological polar surface area (TPSA) is 151 Å². The first-order chi connectivity index (χ1) is 18.8. The van der Waals surface area contributed by atoms with Gasteiger partial charge >= 0.3 is 0 Å². The smallest absolute Gasteiger partial charge is 0.236 e. The molecule has 3 N–H and O–H groups in total. The largest absolute Gasteiger partial charge is 0.384 e. The number of ketones is 1. The summed E-state index contributed by atoms with van der Waals surface area (Å²) in [4.78, 5) is 27.2. The van der Waals surface area contributed by atoms with Crippen LogP contribution in [0.5, 0.6) is 0 Å². The molecule has 0 saturated heterocycles. The van der Waals surface area contributed by atoms with E-state index in [-0.39, 0.29) is 33.3 Å². The molecule has 3 aromatic rings. The maximum atomic E-state index is 14.0. The summed E-state index contributed by atoms with van der Waals surface area (Å²) in [6.45, 7) is 1.96. The molecule has 15 heteroatoms. The van der Waals surface area contributed by atoms with E-state index < -0.39 is 11.7 Å². The molecule has 0 bridgehead atoms. The number of anilines is 2. The van der Waals surface area contributed by atoms with Gasteiger partial charge in [0.15, 0.2) is 10.1 Å². The van der Waals surface area contributed by atoms with E-state index in [1.54, 1.807) is 17.0 Å². The molecular formula is C24H20BrFN8O2S3. The van der Waals surface area contributed by atoms with E-state index in [9.17, 15) is 19.2 Å². The minimum Gasteiger partial charge on any atom is -0.384 e. The molecule has 5 rings (SSSR count). The van der Waals surface area contributed by atoms with E-state index in [2.05, 4.69) is 47.7 Å². The molecule has 2 aliphatic rings. The summed E-state index contributed by atoms with van der Waals surface area (Å²) in [7, 11) is 0. The number of halogens is 2. The molecule has 39 heavy (non-hydrogen) atoms. The van der Waals surface area contributed by atoms with Crippen LogP contribution in [0.15, 0.2) is 49.7 Å². The van der Waals surface area contributed by atoms with Crippen molar-refractivity contribution in [3.05, 3.63) is 61.7 Å². The van der Waals surface area contributed by atoms with Crippen LogP contribution in [0, 0.1) is 17.1 Å². The Balaban J connectivity index is 1.42. The van der Waals surface area contributed by atoms with Crippen LogP contribution in [-0.2, 0) is 16.0 Å². The number of nitriles is 1. The fourth-order valence-electron chi connectivity index (χ4n) is 4.41. The van der Waals surface area contributed by atoms with E-state index >= 15 is 0 Å². The Morgan fingerprint density at radius 1 is 1.31 bits per heavy atom. The highest BCUT2D eigenvalue weighted by atomic mass is 79.9. The van der Waals surface area contributed by atoms with Gasteiger partial charge in [-0.15, -0.1) is 20.4 Å². The van der Waals surface area contributed by atoms with E-state index in [0.717, 1.165) is 11.4 Å². The van der Waals surface area contributed by atoms with Gasteiger partial charge in [0.05, 0.1) is 27.8 Å². The van der Waals surface area contributed by atoms with E-state index in [4.69, 9.17) is 5.73 Å². The second kappa shape index (κ2) is 11.5. The van der Waals surface area contributed by atoms with Crippen LogP contribution >= 0.6 is 50.4 Å². The Bertz CT molecular complexity index is 1580. The van der Waals surface area contributed by atoms with Crippen molar-refractivity contribution in [3.8, 4) is 6.07 Å². The van der Waals surface area contributed by atoms with E-state index in [1.807, 2.05) is 6.92 Å². The van der Waals surface area contributed by atoms with Crippen molar-refractivity contribution in [3.63, 3.8) is 0 Å². The Kier molecular flexibility index (Phi) is 8.08. The van der Waals surface area contributed by atoms with Gasteiger partial charge in [-0.2, -0.15) is 5.26 Å². The van der Waals surface area contributed by atoms with Gasteiger partial charge in [-0.1, -0.05) is 47.4 Å². The van der Waals surface area contributed by atoms with Crippen molar-refractivity contribution < 1.29 is 14.0 Å². The first-order valence-corrected chi connectivity index (χ1v) is 15.2. The third kappa shape index (κ3) is 5.46. The number of Topliss-reactive ketones (excluding diaryl/α,β-unsaturated/α-hetero) is 1. The first-order valence-electron chi connectivity index (χ1n) is 11.8. The number of hydrogen-bond donors (Lipinski definition) is 2. The normalized spacial score (nSPS) is 17.3. The number of allylic oxidation sites excluding steroid dienone is 3. The van der Waals surface area contributed by atoms with Gasteiger partial charge in [-0.3, -0.25) is 19.8 Å². The van der Waals surface area contributed by atoms with Gasteiger partial charge < -0.3 is 5.73 Å². The summed E-state index contributed by atoms with van der Waals surface area (Å²) in [5.41, 5.74) is 8.43. The zero-order valence-corrected chi connectivity index (χ0v) is 24.4. The number of carbonyl (C=O) groups is 2. The molecule has 0 spiro atoms. The molecule has 0 fully saturated rings. The minimum absolute atomic E-state index is 0.0817. The summed E-state index contributed by atoms with van der Waals surface area (Å²) in [5, 5.41) is 30.9. The van der Waals surface area contributed by atoms with Gasteiger partial charge in [0.2, 0.25) is 16.2 Å². The SMILES string of the molecule is CCc1nnc(NC(=O)CSc2nnc(N3C(N)=C(C#N)C(c4ccc(F)c(Br)c4)C4=C3CCCC4=O)s2)s1. The molecule has 3 heterocycles. The summed E-state index contributed by atoms with van der Waals surface area (Å²) in [5.74, 6) is -1.29. The second-order valence-corrected chi connectivity index (χ2v) is 12.6. The number of hydrogen-bond acceptors (Lipinski definition) is 12. The van der Waals surface area contributed by atoms with Crippen molar-refractivity contribution in [2.24, 2.45) is 5.73 Å². The van der Waals surface area contributed by atoms with Gasteiger partial charge in [0.1, 0.15) is 16.6 Å². The number of nitrogens with two attached hydrogens (primary N) is 1. The summed E-state index contributed by atoms with van der Waals surface area (Å²) >= 11 is 6.93. The molecule has 0 saturated carbocycles. The Hall–Kier alpha value is -3.19. The van der Waals surface area contributed by atoms with Gasteiger partial charge in [-0.05, 0) is 52.9 Å². The predicted molar refractivity (Wildman–Crippen MR) is 151 cm³/mol. The van der Waals surface area contributed by atoms with Crippen molar-refractivity contribution in [2.45, 2.75) is 42.9 Å². The second-order valence-electron chi connectivity index (χ2n) is 8.53. The lowest BCUT2D eigenvalue weighted by molar-refractivity contribution is -0.116. The Morgan fingerprint density at radius 2 is 2.13 bits per heavy atom. The number of nitrogens with zero attached hydrogens (tertiary/aromatic N) is 6. The minimum atomic E-state index is -0.718. The lowest BCUT2D eigenvalue weighted by Crippen LogP contribution is -2.38. The maximum Gasteiger partial charge on any atom is 0.236 e. The quantitative estimate of drug-likeness (QED) is 0.340. The highest BCUT2D eigenvalue weighted by Crippen LogP contribution is 2.47. The molecule has 1 atom stereocenters. The van der Waals surface area contributed by atoms with Crippen LogP contribution in [0.3, 0.4) is 0 Å². The van der Waals surface area contributed by atoms with Crippen LogP contribution in [-0.4, -0.2) is 37.8 Å². The van der Waals surface area contributed by atoms with Crippen LogP contribution in [0.4, 0.5) is 14.7 Å². The monoisotopic (exact) mass is 646 g/mol. The molecule has 2 aromatic heterocycles. The molecular weight excluding hydrogens is 627 g/mol. The van der Waals surface area contributed by atoms with Crippen LogP contribution in [0.1, 0.15) is 42.7 Å². The summed E-state index contributed by atoms with van der Waals surface area (Å²) in [6, 6.07) is 6.60. The highest BCUT2D eigenvalue weighted by Gasteiger charge is 2.41. The third-order valence-corrected chi connectivity index (χ3v) is 9.75. The number of nitrogens with one attached hydrogen (secondary N) is 1. The predicted octanol–water partition coefficient (Wildman–Crippen LogP) is 4.89. The highest BCUT2D eigenvalue weighted by molar-refractivity contribution is 9.10. The number of aromatic nitrogens is 4. The first kappa shape index (κ1) is 27.4. The van der Waals surface area contributed by atoms with E-state index in [0.29, 0.717) is 50.7 Å². The average Bonchev–Trinajstić information content (AvgIpc) is 3.58.